The predicted molar refractivity (Wildman–Crippen MR) is 184 cm³/mol. The van der Waals surface area contributed by atoms with Gasteiger partial charge in [0.2, 0.25) is 0 Å². The third-order valence-corrected chi connectivity index (χ3v) is 9.80. The molecule has 2 amide bonds. The molecular formula is C36H42N6O4S. The summed E-state index contributed by atoms with van der Waals surface area (Å²) in [6.45, 7) is 12.7. The van der Waals surface area contributed by atoms with E-state index in [-0.39, 0.29) is 24.3 Å². The average Bonchev–Trinajstić information content (AvgIpc) is 3.82. The van der Waals surface area contributed by atoms with Crippen LogP contribution in [0.3, 0.4) is 0 Å². The average molecular weight is 655 g/mol. The number of nitrogens with zero attached hydrogens (tertiary/aromatic N) is 4. The molecule has 2 aromatic carbocycles. The number of rotatable bonds is 4. The SMILES string of the molecule is CC(C)(C)OC(=O)N1CCC[C@H]1c1ncc(-c2ccc(-c3ccc4c(ccc5nc([C@@H]6CCCN6C(=O)OC(C)(C)C)[nH]c54)c3)s2)[nH]1. The molecular weight excluding hydrogens is 613 g/mol. The predicted octanol–water partition coefficient (Wildman–Crippen LogP) is 8.98. The summed E-state index contributed by atoms with van der Waals surface area (Å²) in [5, 5.41) is 2.20. The molecule has 2 N–H and O–H groups in total. The fourth-order valence-corrected chi connectivity index (χ4v) is 7.56. The molecule has 2 atom stereocenters. The Morgan fingerprint density at radius 1 is 0.809 bits per heavy atom. The number of thiophene rings is 1. The number of ether oxygens (including phenoxy) is 2. The number of aromatic nitrogens is 4. The van der Waals surface area contributed by atoms with Gasteiger partial charge in [0, 0.05) is 23.4 Å². The second kappa shape index (κ2) is 11.7. The summed E-state index contributed by atoms with van der Waals surface area (Å²) in [5.41, 5.74) is 2.85. The molecule has 10 nitrogen and oxygen atoms in total. The molecule has 0 radical (unpaired) electrons. The van der Waals surface area contributed by atoms with Gasteiger partial charge in [-0.15, -0.1) is 11.3 Å². The van der Waals surface area contributed by atoms with Crippen molar-refractivity contribution in [3.05, 3.63) is 60.3 Å². The van der Waals surface area contributed by atoms with Gasteiger partial charge in [0.05, 0.1) is 39.9 Å². The minimum Gasteiger partial charge on any atom is -0.444 e. The van der Waals surface area contributed by atoms with Crippen LogP contribution >= 0.6 is 11.3 Å². The van der Waals surface area contributed by atoms with E-state index in [9.17, 15) is 9.59 Å². The van der Waals surface area contributed by atoms with Crippen molar-refractivity contribution in [1.29, 1.82) is 0 Å². The lowest BCUT2D eigenvalue weighted by Gasteiger charge is -2.27. The lowest BCUT2D eigenvalue weighted by atomic mass is 10.0. The highest BCUT2D eigenvalue weighted by atomic mass is 32.1. The van der Waals surface area contributed by atoms with Gasteiger partial charge in [-0.1, -0.05) is 18.2 Å². The monoisotopic (exact) mass is 654 g/mol. The van der Waals surface area contributed by atoms with Crippen molar-refractivity contribution >= 4 is 45.3 Å². The van der Waals surface area contributed by atoms with Gasteiger partial charge in [-0.3, -0.25) is 9.80 Å². The fourth-order valence-electron chi connectivity index (χ4n) is 6.59. The van der Waals surface area contributed by atoms with E-state index in [2.05, 4.69) is 51.4 Å². The molecule has 3 aromatic heterocycles. The van der Waals surface area contributed by atoms with Crippen LogP contribution in [-0.4, -0.2) is 66.2 Å². The number of fused-ring (bicyclic) bond motifs is 3. The van der Waals surface area contributed by atoms with Gasteiger partial charge in [0.1, 0.15) is 22.9 Å². The van der Waals surface area contributed by atoms with E-state index in [0.717, 1.165) is 80.1 Å². The van der Waals surface area contributed by atoms with Crippen LogP contribution in [0.15, 0.2) is 48.7 Å². The zero-order valence-corrected chi connectivity index (χ0v) is 28.7. The lowest BCUT2D eigenvalue weighted by Crippen LogP contribution is -2.36. The smallest absolute Gasteiger partial charge is 0.410 e. The molecule has 2 aliphatic heterocycles. The van der Waals surface area contributed by atoms with Crippen LogP contribution in [0.5, 0.6) is 0 Å². The number of benzene rings is 2. The first-order chi connectivity index (χ1) is 22.3. The van der Waals surface area contributed by atoms with Gasteiger partial charge >= 0.3 is 12.2 Å². The summed E-state index contributed by atoms with van der Waals surface area (Å²) in [5.74, 6) is 1.59. The maximum atomic E-state index is 12.9. The highest BCUT2D eigenvalue weighted by Crippen LogP contribution is 2.39. The number of carbonyl (C=O) groups is 2. The van der Waals surface area contributed by atoms with Crippen molar-refractivity contribution in [2.45, 2.75) is 90.5 Å². The number of likely N-dealkylation sites (tertiary alicyclic amines) is 2. The van der Waals surface area contributed by atoms with Gasteiger partial charge in [0.25, 0.3) is 0 Å². The highest BCUT2D eigenvalue weighted by molar-refractivity contribution is 7.18. The molecule has 2 saturated heterocycles. The Labute approximate surface area is 278 Å². The largest absolute Gasteiger partial charge is 0.444 e. The second-order valence-corrected chi connectivity index (χ2v) is 15.6. The molecule has 2 aliphatic rings. The van der Waals surface area contributed by atoms with Gasteiger partial charge in [-0.05, 0) is 102 Å². The Kier molecular flexibility index (Phi) is 7.77. The molecule has 7 rings (SSSR count). The van der Waals surface area contributed by atoms with E-state index >= 15 is 0 Å². The van der Waals surface area contributed by atoms with Crippen LogP contribution in [0, 0.1) is 0 Å². The van der Waals surface area contributed by atoms with Gasteiger partial charge in [-0.2, -0.15) is 0 Å². The first-order valence-corrected chi connectivity index (χ1v) is 17.2. The molecule has 0 bridgehead atoms. The van der Waals surface area contributed by atoms with Crippen LogP contribution in [0.2, 0.25) is 0 Å². The summed E-state index contributed by atoms with van der Waals surface area (Å²) in [4.78, 5) is 48.2. The Bertz CT molecular complexity index is 1960. The van der Waals surface area contributed by atoms with E-state index in [1.165, 1.54) is 0 Å². The molecule has 47 heavy (non-hydrogen) atoms. The normalized spacial score (nSPS) is 18.9. The Morgan fingerprint density at radius 2 is 1.45 bits per heavy atom. The topological polar surface area (TPSA) is 116 Å². The number of imidazole rings is 2. The number of H-pyrrole nitrogens is 2. The summed E-state index contributed by atoms with van der Waals surface area (Å²) >= 11 is 1.70. The third-order valence-electron chi connectivity index (χ3n) is 8.64. The first-order valence-electron chi connectivity index (χ1n) is 16.4. The molecule has 11 heteroatoms. The maximum Gasteiger partial charge on any atom is 0.410 e. The van der Waals surface area contributed by atoms with E-state index in [1.54, 1.807) is 21.1 Å². The van der Waals surface area contributed by atoms with E-state index < -0.39 is 11.2 Å². The zero-order valence-electron chi connectivity index (χ0n) is 27.8. The first kappa shape index (κ1) is 31.2. The summed E-state index contributed by atoms with van der Waals surface area (Å²) in [6, 6.07) is 14.7. The van der Waals surface area contributed by atoms with Crippen LogP contribution < -0.4 is 0 Å². The van der Waals surface area contributed by atoms with Crippen molar-refractivity contribution in [3.8, 4) is 21.0 Å². The Balaban J connectivity index is 1.10. The quantitative estimate of drug-likeness (QED) is 0.200. The number of hydrogen-bond donors (Lipinski definition) is 2. The van der Waals surface area contributed by atoms with Crippen molar-refractivity contribution in [2.24, 2.45) is 0 Å². The molecule has 0 unspecified atom stereocenters. The Hall–Kier alpha value is -4.38. The Morgan fingerprint density at radius 3 is 2.11 bits per heavy atom. The van der Waals surface area contributed by atoms with E-state index in [4.69, 9.17) is 14.5 Å². The highest BCUT2D eigenvalue weighted by Gasteiger charge is 2.36. The summed E-state index contributed by atoms with van der Waals surface area (Å²) in [7, 11) is 0. The number of aromatic amines is 2. The minimum atomic E-state index is -0.544. The minimum absolute atomic E-state index is 0.118. The number of carbonyl (C=O) groups excluding carboxylic acids is 2. The number of hydrogen-bond acceptors (Lipinski definition) is 7. The molecule has 5 aromatic rings. The van der Waals surface area contributed by atoms with Crippen LogP contribution in [-0.2, 0) is 9.47 Å². The standard InChI is InChI=1S/C36H42N6O4S/c1-35(2,3)45-33(43)41-17-7-9-26(41)31-37-20-25(39-31)29-16-15-28(47-29)22-11-13-23-21(19-22)12-14-24-30(23)40-32(38-24)27-10-8-18-42(27)34(44)46-36(4,5)6/h11-16,19-20,26-27H,7-10,17-18H2,1-6H3,(H,37,39)(H,38,40)/t26-,27-/m0/s1. The number of nitrogens with one attached hydrogen (secondary N) is 2. The zero-order chi connectivity index (χ0) is 33.1. The second-order valence-electron chi connectivity index (χ2n) is 14.5. The van der Waals surface area contributed by atoms with E-state index in [1.807, 2.05) is 53.8 Å². The maximum absolute atomic E-state index is 12.9. The molecule has 246 valence electrons. The van der Waals surface area contributed by atoms with Crippen LogP contribution in [0.25, 0.3) is 42.8 Å². The van der Waals surface area contributed by atoms with Gasteiger partial charge in [-0.25, -0.2) is 19.6 Å². The summed E-state index contributed by atoms with van der Waals surface area (Å²) in [6.07, 6.45) is 4.81. The number of amides is 2. The summed E-state index contributed by atoms with van der Waals surface area (Å²) < 4.78 is 11.3. The molecule has 0 spiro atoms. The fraction of sp³-hybridized carbons (Fsp3) is 0.444. The van der Waals surface area contributed by atoms with Crippen LogP contribution in [0.1, 0.15) is 91.0 Å². The van der Waals surface area contributed by atoms with Crippen molar-refractivity contribution in [3.63, 3.8) is 0 Å². The third kappa shape index (κ3) is 6.33. The van der Waals surface area contributed by atoms with E-state index in [0.29, 0.717) is 13.1 Å². The lowest BCUT2D eigenvalue weighted by molar-refractivity contribution is 0.0208. The van der Waals surface area contributed by atoms with Crippen molar-refractivity contribution < 1.29 is 19.1 Å². The molecule has 0 aliphatic carbocycles. The van der Waals surface area contributed by atoms with Crippen molar-refractivity contribution in [2.75, 3.05) is 13.1 Å². The van der Waals surface area contributed by atoms with Gasteiger partial charge in [0.15, 0.2) is 0 Å². The molecule has 0 saturated carbocycles. The molecule has 5 heterocycles. The molecule has 2 fully saturated rings. The van der Waals surface area contributed by atoms with Gasteiger partial charge < -0.3 is 19.4 Å². The van der Waals surface area contributed by atoms with Crippen LogP contribution in [0.4, 0.5) is 9.59 Å². The van der Waals surface area contributed by atoms with Crippen molar-refractivity contribution in [1.82, 2.24) is 29.7 Å².